The van der Waals surface area contributed by atoms with Gasteiger partial charge in [-0.05, 0) is 59.6 Å². The highest BCUT2D eigenvalue weighted by atomic mass is 16.2. The fourth-order valence-electron chi connectivity index (χ4n) is 4.61. The molecule has 3 rings (SSSR count). The number of nitrogens with two attached hydrogens (primary N) is 1. The minimum Gasteiger partial charge on any atom is -0.366 e. The molecule has 1 saturated heterocycles. The number of pyridine rings is 1. The summed E-state index contributed by atoms with van der Waals surface area (Å²) < 4.78 is 0. The second-order valence-corrected chi connectivity index (χ2v) is 8.99. The van der Waals surface area contributed by atoms with Crippen LogP contribution in [-0.4, -0.2) is 57.8 Å². The van der Waals surface area contributed by atoms with Gasteiger partial charge in [-0.2, -0.15) is 0 Å². The van der Waals surface area contributed by atoms with Crippen LogP contribution in [0.25, 0.3) is 5.70 Å². The molecule has 8 heteroatoms. The quantitative estimate of drug-likeness (QED) is 0.751. The van der Waals surface area contributed by atoms with Gasteiger partial charge in [0.15, 0.2) is 0 Å². The Bertz CT molecular complexity index is 914. The Morgan fingerprint density at radius 3 is 2.48 bits per heavy atom. The number of urea groups is 1. The number of likely N-dealkylation sites (tertiary alicyclic amines) is 1. The van der Waals surface area contributed by atoms with E-state index in [-0.39, 0.29) is 29.9 Å². The van der Waals surface area contributed by atoms with Crippen molar-refractivity contribution in [1.29, 1.82) is 0 Å². The van der Waals surface area contributed by atoms with E-state index < -0.39 is 5.91 Å². The number of nitrogens with one attached hydrogen (secondary N) is 1. The van der Waals surface area contributed by atoms with Crippen LogP contribution in [0.1, 0.15) is 57.5 Å². The number of hydrogen-bond acceptors (Lipinski definition) is 4. The number of primary amides is 1. The highest BCUT2D eigenvalue weighted by molar-refractivity contribution is 6.05. The number of aromatic nitrogens is 1. The van der Waals surface area contributed by atoms with Gasteiger partial charge in [0.1, 0.15) is 0 Å². The topological polar surface area (TPSA) is 109 Å². The first-order valence-electron chi connectivity index (χ1n) is 11.0. The zero-order chi connectivity index (χ0) is 22.9. The Morgan fingerprint density at radius 1 is 1.19 bits per heavy atom. The van der Waals surface area contributed by atoms with E-state index in [0.29, 0.717) is 30.8 Å². The van der Waals surface area contributed by atoms with Gasteiger partial charge < -0.3 is 20.9 Å². The largest absolute Gasteiger partial charge is 0.366 e. The van der Waals surface area contributed by atoms with Crippen LogP contribution < -0.4 is 11.1 Å². The van der Waals surface area contributed by atoms with Crippen molar-refractivity contribution >= 4 is 23.5 Å². The van der Waals surface area contributed by atoms with Crippen molar-refractivity contribution in [3.8, 4) is 0 Å². The molecule has 2 aliphatic rings. The fraction of sp³-hybridized carbons (Fsp3) is 0.565. The number of rotatable bonds is 5. The summed E-state index contributed by atoms with van der Waals surface area (Å²) in [6.07, 6.45) is 1.83. The van der Waals surface area contributed by atoms with Gasteiger partial charge in [0, 0.05) is 48.4 Å². The Labute approximate surface area is 183 Å². The summed E-state index contributed by atoms with van der Waals surface area (Å²) in [7, 11) is 0. The third-order valence-electron chi connectivity index (χ3n) is 5.98. The fourth-order valence-corrected chi connectivity index (χ4v) is 4.61. The Morgan fingerprint density at radius 2 is 1.87 bits per heavy atom. The summed E-state index contributed by atoms with van der Waals surface area (Å²) in [6.45, 7) is 10.8. The minimum absolute atomic E-state index is 0.0884. The molecule has 8 nitrogen and oxygen atoms in total. The average molecular weight is 428 g/mol. The monoisotopic (exact) mass is 427 g/mol. The molecule has 1 aliphatic heterocycles. The van der Waals surface area contributed by atoms with Gasteiger partial charge in [0.05, 0.1) is 17.3 Å². The summed E-state index contributed by atoms with van der Waals surface area (Å²) in [5, 5.41) is 2.89. The number of nitrogens with zero attached hydrogens (tertiary/aromatic N) is 3. The first-order chi connectivity index (χ1) is 14.6. The average Bonchev–Trinajstić information content (AvgIpc) is 3.05. The third kappa shape index (κ3) is 4.73. The van der Waals surface area contributed by atoms with E-state index in [0.717, 1.165) is 29.8 Å². The molecule has 168 valence electrons. The first kappa shape index (κ1) is 22.8. The van der Waals surface area contributed by atoms with Crippen LogP contribution >= 0.6 is 0 Å². The molecule has 0 spiro atoms. The molecule has 3 N–H and O–H groups in total. The molecule has 1 fully saturated rings. The van der Waals surface area contributed by atoms with Gasteiger partial charge in [-0.15, -0.1) is 0 Å². The van der Waals surface area contributed by atoms with E-state index in [1.54, 1.807) is 4.90 Å². The molecule has 1 aromatic heterocycles. The zero-order valence-corrected chi connectivity index (χ0v) is 19.1. The van der Waals surface area contributed by atoms with Gasteiger partial charge in [-0.25, -0.2) is 4.79 Å². The Kier molecular flexibility index (Phi) is 6.67. The number of piperidine rings is 1. The van der Waals surface area contributed by atoms with Crippen molar-refractivity contribution in [1.82, 2.24) is 20.1 Å². The molecular formula is C23H33N5O3. The van der Waals surface area contributed by atoms with Crippen LogP contribution in [0.3, 0.4) is 0 Å². The summed E-state index contributed by atoms with van der Waals surface area (Å²) in [6, 6.07) is 3.59. The SMILES string of the molecule is Cc1ccc2c(n1)CC(C(N)=O)=C2NC(=O)N1CCCC(C(=O)N(C(C)C)C(C)C)C1. The normalized spacial score (nSPS) is 18.4. The van der Waals surface area contributed by atoms with Crippen LogP contribution in [0, 0.1) is 12.8 Å². The predicted octanol–water partition coefficient (Wildman–Crippen LogP) is 2.21. The molecule has 4 amide bonds. The maximum Gasteiger partial charge on any atom is 0.321 e. The molecule has 1 atom stereocenters. The number of aryl methyl sites for hydroxylation is 1. The number of carbonyl (C=O) groups is 3. The lowest BCUT2D eigenvalue weighted by atomic mass is 9.95. The summed E-state index contributed by atoms with van der Waals surface area (Å²) in [5.74, 6) is -0.707. The molecule has 2 heterocycles. The maximum atomic E-state index is 13.1. The lowest BCUT2D eigenvalue weighted by molar-refractivity contribution is -0.140. The number of amides is 4. The molecule has 1 unspecified atom stereocenters. The standard InChI is InChI=1S/C23H33N5O3/c1-13(2)28(14(3)4)22(30)16-7-6-10-27(12-16)23(31)26-20-17-9-8-15(5)25-19(17)11-18(20)21(24)29/h8-9,13-14,16H,6-7,10-12H2,1-5H3,(H2,24,29)(H,26,31). The number of hydrogen-bond donors (Lipinski definition) is 2. The molecule has 0 bridgehead atoms. The number of fused-ring (bicyclic) bond motifs is 1. The van der Waals surface area contributed by atoms with E-state index in [1.807, 2.05) is 51.7 Å². The van der Waals surface area contributed by atoms with Crippen LogP contribution in [0.15, 0.2) is 17.7 Å². The second kappa shape index (κ2) is 9.08. The summed E-state index contributed by atoms with van der Waals surface area (Å²) >= 11 is 0. The van der Waals surface area contributed by atoms with E-state index in [9.17, 15) is 14.4 Å². The lowest BCUT2D eigenvalue weighted by Crippen LogP contribution is -2.52. The predicted molar refractivity (Wildman–Crippen MR) is 119 cm³/mol. The molecule has 0 aromatic carbocycles. The van der Waals surface area contributed by atoms with Crippen molar-refractivity contribution in [2.45, 2.75) is 66.0 Å². The van der Waals surface area contributed by atoms with E-state index >= 15 is 0 Å². The van der Waals surface area contributed by atoms with Gasteiger partial charge >= 0.3 is 6.03 Å². The van der Waals surface area contributed by atoms with Crippen LogP contribution in [0.4, 0.5) is 4.79 Å². The van der Waals surface area contributed by atoms with Crippen molar-refractivity contribution in [3.05, 3.63) is 34.7 Å². The highest BCUT2D eigenvalue weighted by Crippen LogP contribution is 2.30. The van der Waals surface area contributed by atoms with Crippen molar-refractivity contribution in [3.63, 3.8) is 0 Å². The van der Waals surface area contributed by atoms with Crippen molar-refractivity contribution in [2.24, 2.45) is 11.7 Å². The molecule has 31 heavy (non-hydrogen) atoms. The van der Waals surface area contributed by atoms with Crippen LogP contribution in [-0.2, 0) is 16.0 Å². The van der Waals surface area contributed by atoms with Gasteiger partial charge in [0.25, 0.3) is 0 Å². The van der Waals surface area contributed by atoms with E-state index in [2.05, 4.69) is 10.3 Å². The molecular weight excluding hydrogens is 394 g/mol. The van der Waals surface area contributed by atoms with Gasteiger partial charge in [0.2, 0.25) is 11.8 Å². The first-order valence-corrected chi connectivity index (χ1v) is 11.0. The van der Waals surface area contributed by atoms with Crippen LogP contribution in [0.2, 0.25) is 0 Å². The minimum atomic E-state index is -0.567. The molecule has 1 aromatic rings. The summed E-state index contributed by atoms with van der Waals surface area (Å²) in [5.41, 5.74) is 8.66. The van der Waals surface area contributed by atoms with Gasteiger partial charge in [-0.3, -0.25) is 14.6 Å². The second-order valence-electron chi connectivity index (χ2n) is 8.99. The van der Waals surface area contributed by atoms with Gasteiger partial charge in [-0.1, -0.05) is 0 Å². The zero-order valence-electron chi connectivity index (χ0n) is 19.1. The Hall–Kier alpha value is -2.90. The number of carbonyl (C=O) groups excluding carboxylic acids is 3. The van der Waals surface area contributed by atoms with Crippen molar-refractivity contribution in [2.75, 3.05) is 13.1 Å². The molecule has 1 aliphatic carbocycles. The highest BCUT2D eigenvalue weighted by Gasteiger charge is 2.34. The molecule has 0 saturated carbocycles. The van der Waals surface area contributed by atoms with Crippen LogP contribution in [0.5, 0.6) is 0 Å². The molecule has 0 radical (unpaired) electrons. The van der Waals surface area contributed by atoms with Crippen molar-refractivity contribution < 1.29 is 14.4 Å². The lowest BCUT2D eigenvalue weighted by Gasteiger charge is -2.38. The maximum absolute atomic E-state index is 13.1. The van der Waals surface area contributed by atoms with E-state index in [4.69, 9.17) is 5.73 Å². The summed E-state index contributed by atoms with van der Waals surface area (Å²) in [4.78, 5) is 46.2. The third-order valence-corrected chi connectivity index (χ3v) is 5.98. The van der Waals surface area contributed by atoms with E-state index in [1.165, 1.54) is 0 Å². The Balaban J connectivity index is 1.76. The smallest absolute Gasteiger partial charge is 0.321 e.